The van der Waals surface area contributed by atoms with Crippen LogP contribution in [0.15, 0.2) is 12.3 Å². The molecule has 0 saturated carbocycles. The SMILES string of the molecule is N#Cc1nc2c(ccn2[C@@H]2O[C@H](COCP(=O)(O)O)[C@@H](O)[C@H]2O)c(N2C[C@@H](F)[C@@H](F)C2)c1C#N. The average molecular weight is 499 g/mol. The average Bonchev–Trinajstić information content (AvgIpc) is 3.42. The Labute approximate surface area is 191 Å². The van der Waals surface area contributed by atoms with Crippen molar-refractivity contribution in [3.63, 3.8) is 0 Å². The maximum atomic E-state index is 13.9. The molecular weight excluding hydrogens is 479 g/mol. The number of ether oxygens (including phenoxy) is 2. The summed E-state index contributed by atoms with van der Waals surface area (Å²) in [7, 11) is -4.45. The molecule has 0 aliphatic carbocycles. The number of halogens is 2. The molecular formula is C19H20F2N5O7P. The molecule has 6 atom stereocenters. The van der Waals surface area contributed by atoms with Crippen LogP contribution in [-0.2, 0) is 14.0 Å². The second-order valence-corrected chi connectivity index (χ2v) is 9.60. The van der Waals surface area contributed by atoms with Gasteiger partial charge >= 0.3 is 7.60 Å². The normalized spacial score (nSPS) is 29.5. The molecule has 4 N–H and O–H groups in total. The fourth-order valence-electron chi connectivity index (χ4n) is 4.16. The number of aromatic nitrogens is 2. The van der Waals surface area contributed by atoms with Crippen molar-refractivity contribution >= 4 is 24.3 Å². The molecule has 0 radical (unpaired) electrons. The lowest BCUT2D eigenvalue weighted by Gasteiger charge is -2.22. The number of aliphatic hydroxyl groups is 2. The highest BCUT2D eigenvalue weighted by molar-refractivity contribution is 7.51. The van der Waals surface area contributed by atoms with Crippen LogP contribution in [0, 0.1) is 22.7 Å². The van der Waals surface area contributed by atoms with E-state index in [-0.39, 0.29) is 41.1 Å². The summed E-state index contributed by atoms with van der Waals surface area (Å²) in [6, 6.07) is 5.15. The molecule has 2 saturated heterocycles. The number of hydrogen-bond acceptors (Lipinski definition) is 9. The van der Waals surface area contributed by atoms with Crippen molar-refractivity contribution in [3.8, 4) is 12.1 Å². The Balaban J connectivity index is 1.71. The van der Waals surface area contributed by atoms with Gasteiger partial charge in [-0.2, -0.15) is 10.5 Å². The number of anilines is 1. The monoisotopic (exact) mass is 499 g/mol. The number of fused-ring (bicyclic) bond motifs is 1. The fourth-order valence-corrected chi connectivity index (χ4v) is 4.51. The zero-order chi connectivity index (χ0) is 24.8. The molecule has 0 bridgehead atoms. The van der Waals surface area contributed by atoms with Crippen LogP contribution in [0.2, 0.25) is 0 Å². The minimum Gasteiger partial charge on any atom is -0.387 e. The largest absolute Gasteiger partial charge is 0.387 e. The third-order valence-corrected chi connectivity index (χ3v) is 6.22. The van der Waals surface area contributed by atoms with Gasteiger partial charge in [-0.25, -0.2) is 13.8 Å². The number of rotatable bonds is 6. The van der Waals surface area contributed by atoms with Gasteiger partial charge < -0.3 is 38.9 Å². The van der Waals surface area contributed by atoms with Gasteiger partial charge in [0.2, 0.25) is 0 Å². The second kappa shape index (κ2) is 9.17. The standard InChI is InChI=1S/C19H20F2N5O7P/c20-11-5-25(6-12(11)21)15-9-1-2-26(18(9)24-13(4-23)10(15)3-22)19-17(28)16(27)14(33-19)7-32-8-34(29,30)31/h1-2,11-12,14,16-17,19,27-28H,5-8H2,(H2,29,30,31)/t11-,12+,14-,16-,17-,19-/m1/s1. The lowest BCUT2D eigenvalue weighted by atomic mass is 10.1. The highest BCUT2D eigenvalue weighted by Crippen LogP contribution is 2.39. The van der Waals surface area contributed by atoms with E-state index in [1.165, 1.54) is 21.7 Å². The third kappa shape index (κ3) is 4.37. The van der Waals surface area contributed by atoms with E-state index in [9.17, 15) is 34.1 Å². The van der Waals surface area contributed by atoms with Crippen molar-refractivity contribution in [1.29, 1.82) is 10.5 Å². The van der Waals surface area contributed by atoms with Crippen molar-refractivity contribution in [2.45, 2.75) is 36.9 Å². The topological polar surface area (TPSA) is 185 Å². The predicted octanol–water partition coefficient (Wildman–Crippen LogP) is 0.0469. The van der Waals surface area contributed by atoms with Crippen LogP contribution in [-0.4, -0.2) is 86.3 Å². The van der Waals surface area contributed by atoms with Gasteiger partial charge in [0.1, 0.15) is 48.0 Å². The highest BCUT2D eigenvalue weighted by Gasteiger charge is 2.45. The van der Waals surface area contributed by atoms with Gasteiger partial charge in [0, 0.05) is 11.6 Å². The van der Waals surface area contributed by atoms with Crippen molar-refractivity contribution in [2.75, 3.05) is 30.9 Å². The van der Waals surface area contributed by atoms with Crippen molar-refractivity contribution in [3.05, 3.63) is 23.5 Å². The maximum absolute atomic E-state index is 13.9. The molecule has 2 aromatic heterocycles. The summed E-state index contributed by atoms with van der Waals surface area (Å²) >= 11 is 0. The zero-order valence-corrected chi connectivity index (χ0v) is 18.3. The molecule has 4 rings (SSSR count). The Morgan fingerprint density at radius 1 is 1.21 bits per heavy atom. The summed E-state index contributed by atoms with van der Waals surface area (Å²) in [5, 5.41) is 40.3. The van der Waals surface area contributed by atoms with Gasteiger partial charge in [0.05, 0.1) is 25.4 Å². The zero-order valence-electron chi connectivity index (χ0n) is 17.4. The molecule has 15 heteroatoms. The predicted molar refractivity (Wildman–Crippen MR) is 110 cm³/mol. The third-order valence-electron chi connectivity index (χ3n) is 5.70. The summed E-state index contributed by atoms with van der Waals surface area (Å²) < 4.78 is 50.6. The Hall–Kier alpha value is -2.68. The van der Waals surface area contributed by atoms with Gasteiger partial charge in [-0.1, -0.05) is 0 Å². The summed E-state index contributed by atoms with van der Waals surface area (Å²) in [4.78, 5) is 23.3. The number of alkyl halides is 2. The van der Waals surface area contributed by atoms with Crippen LogP contribution >= 0.6 is 7.60 Å². The molecule has 34 heavy (non-hydrogen) atoms. The first-order valence-electron chi connectivity index (χ1n) is 10.1. The number of hydrogen-bond donors (Lipinski definition) is 4. The van der Waals surface area contributed by atoms with E-state index in [4.69, 9.17) is 19.3 Å². The van der Waals surface area contributed by atoms with Gasteiger partial charge in [-0.3, -0.25) is 4.57 Å². The van der Waals surface area contributed by atoms with Gasteiger partial charge in [0.25, 0.3) is 0 Å². The number of nitriles is 2. The van der Waals surface area contributed by atoms with E-state index in [1.54, 1.807) is 6.07 Å². The highest BCUT2D eigenvalue weighted by atomic mass is 31.2. The molecule has 0 amide bonds. The Kier molecular flexibility index (Phi) is 6.59. The molecule has 182 valence electrons. The van der Waals surface area contributed by atoms with Crippen LogP contribution in [0.5, 0.6) is 0 Å². The quantitative estimate of drug-likeness (QED) is 0.394. The van der Waals surface area contributed by atoms with Gasteiger partial charge in [0.15, 0.2) is 24.3 Å². The van der Waals surface area contributed by atoms with Crippen LogP contribution in [0.3, 0.4) is 0 Å². The van der Waals surface area contributed by atoms with E-state index in [0.717, 1.165) is 0 Å². The molecule has 12 nitrogen and oxygen atoms in total. The minimum atomic E-state index is -4.45. The van der Waals surface area contributed by atoms with E-state index in [1.807, 2.05) is 6.07 Å². The minimum absolute atomic E-state index is 0.0660. The van der Waals surface area contributed by atoms with Crippen LogP contribution in [0.25, 0.3) is 11.0 Å². The van der Waals surface area contributed by atoms with Crippen LogP contribution in [0.1, 0.15) is 17.5 Å². The number of nitrogens with zero attached hydrogens (tertiary/aromatic N) is 5. The molecule has 4 heterocycles. The fraction of sp³-hybridized carbons (Fsp3) is 0.526. The van der Waals surface area contributed by atoms with Crippen molar-refractivity contribution < 1.29 is 42.8 Å². The Bertz CT molecular complexity index is 1210. The first kappa shape index (κ1) is 24.4. The first-order valence-corrected chi connectivity index (χ1v) is 11.9. The van der Waals surface area contributed by atoms with E-state index in [2.05, 4.69) is 4.98 Å². The summed E-state index contributed by atoms with van der Waals surface area (Å²) in [5.74, 6) is 0. The van der Waals surface area contributed by atoms with Crippen LogP contribution in [0.4, 0.5) is 14.5 Å². The number of aliphatic hydroxyl groups excluding tert-OH is 2. The molecule has 0 unspecified atom stereocenters. The summed E-state index contributed by atoms with van der Waals surface area (Å²) in [6.45, 7) is -1.08. The summed E-state index contributed by atoms with van der Waals surface area (Å²) in [6.07, 6.45) is -8.40. The van der Waals surface area contributed by atoms with Crippen LogP contribution < -0.4 is 4.90 Å². The molecule has 2 fully saturated rings. The van der Waals surface area contributed by atoms with Crippen molar-refractivity contribution in [1.82, 2.24) is 9.55 Å². The first-order chi connectivity index (χ1) is 16.1. The molecule has 2 aliphatic rings. The molecule has 0 spiro atoms. The van der Waals surface area contributed by atoms with Gasteiger partial charge in [-0.15, -0.1) is 0 Å². The van der Waals surface area contributed by atoms with E-state index >= 15 is 0 Å². The summed E-state index contributed by atoms with van der Waals surface area (Å²) in [5.41, 5.74) is -0.251. The molecule has 2 aliphatic heterocycles. The lowest BCUT2D eigenvalue weighted by molar-refractivity contribution is -0.0610. The second-order valence-electron chi connectivity index (χ2n) is 8.02. The Morgan fingerprint density at radius 3 is 2.47 bits per heavy atom. The lowest BCUT2D eigenvalue weighted by Crippen LogP contribution is -2.34. The molecule has 0 aromatic carbocycles. The number of pyridine rings is 1. The van der Waals surface area contributed by atoms with E-state index < -0.39 is 57.4 Å². The Morgan fingerprint density at radius 2 is 1.88 bits per heavy atom. The van der Waals surface area contributed by atoms with E-state index in [0.29, 0.717) is 0 Å². The molecule has 2 aromatic rings. The smallest absolute Gasteiger partial charge is 0.350 e. The maximum Gasteiger partial charge on any atom is 0.350 e. The van der Waals surface area contributed by atoms with Crippen molar-refractivity contribution in [2.24, 2.45) is 0 Å². The van der Waals surface area contributed by atoms with Gasteiger partial charge in [-0.05, 0) is 6.07 Å².